The van der Waals surface area contributed by atoms with E-state index < -0.39 is 29.2 Å². The van der Waals surface area contributed by atoms with Gasteiger partial charge in [0.25, 0.3) is 0 Å². The van der Waals surface area contributed by atoms with Gasteiger partial charge in [-0.05, 0) is 0 Å². The lowest BCUT2D eigenvalue weighted by Gasteiger charge is -2.14. The molecule has 15 heavy (non-hydrogen) atoms. The zero-order valence-corrected chi connectivity index (χ0v) is 6.95. The van der Waals surface area contributed by atoms with Crippen LogP contribution in [0.15, 0.2) is 12.4 Å². The van der Waals surface area contributed by atoms with Crippen molar-refractivity contribution in [3.05, 3.63) is 23.5 Å². The molecular weight excluding hydrogens is 226 g/mol. The standard InChI is InChI=1S/C7H4F6N2/c8-6(9,10)3-1-15-2-4(5(3)14)7(11,12)13/h1-2H,(H2,14,15). The van der Waals surface area contributed by atoms with Gasteiger partial charge in [0.1, 0.15) is 0 Å². The van der Waals surface area contributed by atoms with E-state index in [0.29, 0.717) is 0 Å². The second-order valence-corrected chi connectivity index (χ2v) is 2.64. The summed E-state index contributed by atoms with van der Waals surface area (Å²) in [5.41, 5.74) is 0.248. The topological polar surface area (TPSA) is 38.9 Å². The molecule has 0 amide bonds. The van der Waals surface area contributed by atoms with Crippen molar-refractivity contribution < 1.29 is 26.3 Å². The molecule has 0 unspecified atom stereocenters. The quantitative estimate of drug-likeness (QED) is 0.696. The van der Waals surface area contributed by atoms with Gasteiger partial charge >= 0.3 is 12.4 Å². The molecule has 2 nitrogen and oxygen atoms in total. The molecule has 0 radical (unpaired) electrons. The first-order chi connectivity index (χ1) is 6.64. The summed E-state index contributed by atoms with van der Waals surface area (Å²) >= 11 is 0. The van der Waals surface area contributed by atoms with E-state index in [-0.39, 0.29) is 12.4 Å². The first kappa shape index (κ1) is 11.6. The third kappa shape index (κ3) is 2.31. The molecule has 0 fully saturated rings. The molecule has 0 saturated carbocycles. The van der Waals surface area contributed by atoms with E-state index in [4.69, 9.17) is 5.73 Å². The second kappa shape index (κ2) is 3.28. The van der Waals surface area contributed by atoms with Crippen molar-refractivity contribution in [3.8, 4) is 0 Å². The Bertz CT molecular complexity index is 334. The molecule has 0 atom stereocenters. The van der Waals surface area contributed by atoms with Crippen molar-refractivity contribution in [1.29, 1.82) is 0 Å². The Morgan fingerprint density at radius 3 is 1.47 bits per heavy atom. The van der Waals surface area contributed by atoms with Crippen LogP contribution in [0.4, 0.5) is 32.0 Å². The summed E-state index contributed by atoms with van der Waals surface area (Å²) in [7, 11) is 0. The molecule has 0 aliphatic heterocycles. The number of pyridine rings is 1. The number of hydrogen-bond donors (Lipinski definition) is 1. The van der Waals surface area contributed by atoms with Gasteiger partial charge in [-0.2, -0.15) is 26.3 Å². The van der Waals surface area contributed by atoms with E-state index >= 15 is 0 Å². The molecule has 1 rings (SSSR count). The molecule has 2 N–H and O–H groups in total. The van der Waals surface area contributed by atoms with Gasteiger partial charge in [-0.25, -0.2) is 0 Å². The Morgan fingerprint density at radius 1 is 0.867 bits per heavy atom. The summed E-state index contributed by atoms with van der Waals surface area (Å²) in [6, 6.07) is 0. The Labute approximate surface area is 79.7 Å². The number of anilines is 1. The monoisotopic (exact) mass is 230 g/mol. The number of nitrogen functional groups attached to an aromatic ring is 1. The first-order valence-electron chi connectivity index (χ1n) is 3.52. The second-order valence-electron chi connectivity index (χ2n) is 2.64. The largest absolute Gasteiger partial charge is 0.419 e. The summed E-state index contributed by atoms with van der Waals surface area (Å²) in [5.74, 6) is 0. The molecule has 0 bridgehead atoms. The maximum atomic E-state index is 12.1. The van der Waals surface area contributed by atoms with Crippen LogP contribution in [-0.4, -0.2) is 4.98 Å². The molecule has 0 saturated heterocycles. The highest BCUT2D eigenvalue weighted by Crippen LogP contribution is 2.39. The average molecular weight is 230 g/mol. The minimum absolute atomic E-state index is 0.255. The fraction of sp³-hybridized carbons (Fsp3) is 0.286. The van der Waals surface area contributed by atoms with Crippen LogP contribution < -0.4 is 5.73 Å². The molecule has 1 aromatic rings. The predicted molar refractivity (Wildman–Crippen MR) is 38.7 cm³/mol. The highest BCUT2D eigenvalue weighted by Gasteiger charge is 2.40. The van der Waals surface area contributed by atoms with Gasteiger partial charge in [-0.3, -0.25) is 4.98 Å². The number of nitrogens with two attached hydrogens (primary N) is 1. The van der Waals surface area contributed by atoms with Gasteiger partial charge < -0.3 is 5.73 Å². The van der Waals surface area contributed by atoms with E-state index in [1.807, 2.05) is 0 Å². The molecular formula is C7H4F6N2. The highest BCUT2D eigenvalue weighted by atomic mass is 19.4. The molecule has 84 valence electrons. The summed E-state index contributed by atoms with van der Waals surface area (Å²) in [5, 5.41) is 0. The van der Waals surface area contributed by atoms with Gasteiger partial charge in [-0.1, -0.05) is 0 Å². The molecule has 0 spiro atoms. The normalized spacial score (nSPS) is 12.9. The van der Waals surface area contributed by atoms with Crippen molar-refractivity contribution in [3.63, 3.8) is 0 Å². The van der Waals surface area contributed by atoms with E-state index in [0.717, 1.165) is 0 Å². The number of rotatable bonds is 0. The summed E-state index contributed by atoms with van der Waals surface area (Å²) < 4.78 is 72.8. The minimum Gasteiger partial charge on any atom is -0.398 e. The van der Waals surface area contributed by atoms with Crippen molar-refractivity contribution in [2.45, 2.75) is 12.4 Å². The zero-order valence-electron chi connectivity index (χ0n) is 6.95. The van der Waals surface area contributed by atoms with Gasteiger partial charge in [0.05, 0.1) is 16.8 Å². The van der Waals surface area contributed by atoms with Crippen LogP contribution in [0.3, 0.4) is 0 Å². The van der Waals surface area contributed by atoms with Gasteiger partial charge in [-0.15, -0.1) is 0 Å². The molecule has 8 heteroatoms. The smallest absolute Gasteiger partial charge is 0.398 e. The van der Waals surface area contributed by atoms with E-state index in [1.165, 1.54) is 0 Å². The maximum Gasteiger partial charge on any atom is 0.419 e. The number of aromatic nitrogens is 1. The Kier molecular flexibility index (Phi) is 2.54. The van der Waals surface area contributed by atoms with Crippen molar-refractivity contribution in [2.75, 3.05) is 5.73 Å². The lowest BCUT2D eigenvalue weighted by Crippen LogP contribution is -2.16. The Hall–Kier alpha value is -1.47. The fourth-order valence-corrected chi connectivity index (χ4v) is 0.922. The zero-order chi connectivity index (χ0) is 11.9. The molecule has 1 heterocycles. The van der Waals surface area contributed by atoms with Gasteiger partial charge in [0.15, 0.2) is 0 Å². The van der Waals surface area contributed by atoms with Crippen LogP contribution in [0.5, 0.6) is 0 Å². The fourth-order valence-electron chi connectivity index (χ4n) is 0.922. The Morgan fingerprint density at radius 2 is 1.20 bits per heavy atom. The number of hydrogen-bond acceptors (Lipinski definition) is 2. The van der Waals surface area contributed by atoms with Crippen LogP contribution in [-0.2, 0) is 12.4 Å². The molecule has 0 aromatic carbocycles. The third-order valence-corrected chi connectivity index (χ3v) is 1.60. The van der Waals surface area contributed by atoms with Crippen molar-refractivity contribution >= 4 is 5.69 Å². The number of alkyl halides is 6. The van der Waals surface area contributed by atoms with Crippen LogP contribution >= 0.6 is 0 Å². The van der Waals surface area contributed by atoms with Crippen molar-refractivity contribution in [1.82, 2.24) is 4.98 Å². The predicted octanol–water partition coefficient (Wildman–Crippen LogP) is 2.70. The van der Waals surface area contributed by atoms with E-state index in [2.05, 4.69) is 4.98 Å². The van der Waals surface area contributed by atoms with E-state index in [9.17, 15) is 26.3 Å². The molecule has 1 aromatic heterocycles. The SMILES string of the molecule is Nc1c(C(F)(F)F)cncc1C(F)(F)F. The van der Waals surface area contributed by atoms with Crippen LogP contribution in [0.25, 0.3) is 0 Å². The number of nitrogens with zero attached hydrogens (tertiary/aromatic N) is 1. The minimum atomic E-state index is -4.95. The first-order valence-corrected chi connectivity index (χ1v) is 3.52. The highest BCUT2D eigenvalue weighted by molar-refractivity contribution is 5.54. The molecule has 0 aliphatic rings. The van der Waals surface area contributed by atoms with Crippen LogP contribution in [0, 0.1) is 0 Å². The van der Waals surface area contributed by atoms with E-state index in [1.54, 1.807) is 0 Å². The van der Waals surface area contributed by atoms with Gasteiger partial charge in [0.2, 0.25) is 0 Å². The lowest BCUT2D eigenvalue weighted by atomic mass is 10.1. The van der Waals surface area contributed by atoms with Crippen molar-refractivity contribution in [2.24, 2.45) is 0 Å². The molecule has 0 aliphatic carbocycles. The number of halogens is 6. The maximum absolute atomic E-state index is 12.1. The third-order valence-electron chi connectivity index (χ3n) is 1.60. The summed E-state index contributed by atoms with van der Waals surface area (Å²) in [6.45, 7) is 0. The van der Waals surface area contributed by atoms with Crippen LogP contribution in [0.1, 0.15) is 11.1 Å². The van der Waals surface area contributed by atoms with Gasteiger partial charge in [0, 0.05) is 12.4 Å². The summed E-state index contributed by atoms with van der Waals surface area (Å²) in [6.07, 6.45) is -9.38. The lowest BCUT2D eigenvalue weighted by molar-refractivity contribution is -0.142. The Balaban J connectivity index is 3.37. The van der Waals surface area contributed by atoms with Crippen LogP contribution in [0.2, 0.25) is 0 Å². The summed E-state index contributed by atoms with van der Waals surface area (Å²) in [4.78, 5) is 2.86. The average Bonchev–Trinajstić information content (AvgIpc) is 1.99.